The SMILES string of the molecule is CC(=O)O[C@@H]1[C@@H](O)[C@@H](O[C@@H]2O[C@@H](C)[C@H](O)[C@@H](O)[C@H]2O[C@@H]2OC[C@@H](O)[C@H](O)[C@H]2O)[C@H](OC/C=C(\C)CC/C=C(\C)CO[C@@H]2O[C@@H](C)[C@H](O)[C@@H](O)[C@H]2O)O[C@H]1C. The summed E-state index contributed by atoms with van der Waals surface area (Å²) in [6.07, 6.45) is -20.7. The van der Waals surface area contributed by atoms with Gasteiger partial charge in [0.05, 0.1) is 38.1 Å². The lowest BCUT2D eigenvalue weighted by Crippen LogP contribution is -2.65. The smallest absolute Gasteiger partial charge is 0.303 e. The van der Waals surface area contributed by atoms with Crippen LogP contribution in [0.4, 0.5) is 0 Å². The molecule has 0 aromatic carbocycles. The summed E-state index contributed by atoms with van der Waals surface area (Å²) in [5.74, 6) is -0.693. The molecular formula is C35H58O19. The van der Waals surface area contributed by atoms with Gasteiger partial charge in [0.2, 0.25) is 0 Å². The Labute approximate surface area is 313 Å². The van der Waals surface area contributed by atoms with Crippen molar-refractivity contribution in [2.24, 2.45) is 0 Å². The zero-order chi connectivity index (χ0) is 40.0. The number of hydrogen-bond acceptors (Lipinski definition) is 19. The van der Waals surface area contributed by atoms with Crippen molar-refractivity contribution in [3.8, 4) is 0 Å². The minimum atomic E-state index is -1.74. The van der Waals surface area contributed by atoms with Crippen LogP contribution in [0.1, 0.15) is 54.4 Å². The second kappa shape index (κ2) is 20.1. The topological polar surface area (TPSA) is 282 Å². The molecule has 0 aromatic rings. The average Bonchev–Trinajstić information content (AvgIpc) is 3.12. The van der Waals surface area contributed by atoms with Crippen LogP contribution in [0.2, 0.25) is 0 Å². The first-order chi connectivity index (χ1) is 25.4. The number of carbonyl (C=O) groups excluding carboxylic acids is 1. The van der Waals surface area contributed by atoms with E-state index in [1.165, 1.54) is 6.92 Å². The molecule has 19 atom stereocenters. The summed E-state index contributed by atoms with van der Waals surface area (Å²) in [4.78, 5) is 11.9. The minimum Gasteiger partial charge on any atom is -0.457 e. The zero-order valence-corrected chi connectivity index (χ0v) is 31.3. The first-order valence-corrected chi connectivity index (χ1v) is 18.1. The standard InChI is InChI=1S/C35H58O19/c1-14(8-7-9-15(2)12-47-32-27(44)24(41)21(38)16(3)49-32)10-11-46-34-31(28(45)29(18(5)51-34)52-19(6)36)54-35-30(25(42)22(39)17(4)50-35)53-33-26(43)23(40)20(37)13-48-33/h9-10,16-18,20-35,37-45H,7-8,11-13H2,1-6H3/b14-10+,15-9+/t16-,17-,18-,20+,21-,22-,23-,24+,25+,26+,27+,28+,29-,30+,31+,32+,33-,34+,35-/m0/s1. The Morgan fingerprint density at radius 1 is 0.593 bits per heavy atom. The fourth-order valence-corrected chi connectivity index (χ4v) is 6.45. The molecule has 0 saturated carbocycles. The van der Waals surface area contributed by atoms with Crippen molar-refractivity contribution in [3.63, 3.8) is 0 Å². The third-order valence-corrected chi connectivity index (χ3v) is 9.88. The van der Waals surface area contributed by atoms with E-state index in [2.05, 4.69) is 0 Å². The van der Waals surface area contributed by atoms with Gasteiger partial charge in [0.1, 0.15) is 67.1 Å². The highest BCUT2D eigenvalue weighted by Crippen LogP contribution is 2.33. The van der Waals surface area contributed by atoms with Gasteiger partial charge in [0.25, 0.3) is 0 Å². The van der Waals surface area contributed by atoms with E-state index >= 15 is 0 Å². The van der Waals surface area contributed by atoms with Crippen LogP contribution < -0.4 is 0 Å². The van der Waals surface area contributed by atoms with Crippen LogP contribution in [0.5, 0.6) is 0 Å². The Bertz CT molecular complexity index is 1250. The van der Waals surface area contributed by atoms with E-state index in [9.17, 15) is 50.8 Å². The number of ether oxygens (including phenoxy) is 9. The predicted molar refractivity (Wildman–Crippen MR) is 181 cm³/mol. The van der Waals surface area contributed by atoms with Crippen molar-refractivity contribution >= 4 is 5.97 Å². The van der Waals surface area contributed by atoms with Crippen LogP contribution in [0.25, 0.3) is 0 Å². The summed E-state index contributed by atoms with van der Waals surface area (Å²) in [5.41, 5.74) is 1.78. The second-order valence-corrected chi connectivity index (χ2v) is 14.4. The molecule has 0 radical (unpaired) electrons. The Balaban J connectivity index is 1.39. The van der Waals surface area contributed by atoms with E-state index in [-0.39, 0.29) is 13.2 Å². The van der Waals surface area contributed by atoms with Crippen LogP contribution >= 0.6 is 0 Å². The number of hydrogen-bond donors (Lipinski definition) is 9. The molecule has 4 aliphatic rings. The predicted octanol–water partition coefficient (Wildman–Crippen LogP) is -2.77. The molecule has 0 spiro atoms. The van der Waals surface area contributed by atoms with Gasteiger partial charge in [-0.3, -0.25) is 4.79 Å². The number of rotatable bonds is 14. The van der Waals surface area contributed by atoms with Gasteiger partial charge in [-0.25, -0.2) is 0 Å². The summed E-state index contributed by atoms with van der Waals surface area (Å²) in [6.45, 7) is 9.21. The van der Waals surface area contributed by atoms with Gasteiger partial charge in [-0.05, 0) is 47.5 Å². The fourth-order valence-electron chi connectivity index (χ4n) is 6.45. The van der Waals surface area contributed by atoms with E-state index in [0.29, 0.717) is 12.8 Å². The fraction of sp³-hybridized carbons (Fsp3) is 0.857. The Morgan fingerprint density at radius 2 is 1.17 bits per heavy atom. The highest BCUT2D eigenvalue weighted by atomic mass is 16.8. The monoisotopic (exact) mass is 782 g/mol. The van der Waals surface area contributed by atoms with Crippen molar-refractivity contribution < 1.29 is 93.4 Å². The van der Waals surface area contributed by atoms with E-state index in [1.54, 1.807) is 19.9 Å². The zero-order valence-electron chi connectivity index (χ0n) is 31.3. The lowest BCUT2D eigenvalue weighted by Gasteiger charge is -2.48. The van der Waals surface area contributed by atoms with Crippen molar-refractivity contribution in [2.45, 2.75) is 171 Å². The molecule has 4 fully saturated rings. The third-order valence-electron chi connectivity index (χ3n) is 9.88. The first-order valence-electron chi connectivity index (χ1n) is 18.1. The molecule has 9 N–H and O–H groups in total. The van der Waals surface area contributed by atoms with Gasteiger partial charge in [-0.1, -0.05) is 23.3 Å². The summed E-state index contributed by atoms with van der Waals surface area (Å²) < 4.78 is 51.4. The maximum Gasteiger partial charge on any atom is 0.303 e. The molecule has 4 aliphatic heterocycles. The van der Waals surface area contributed by atoms with Gasteiger partial charge in [0, 0.05) is 6.92 Å². The molecule has 0 bridgehead atoms. The molecule has 0 amide bonds. The summed E-state index contributed by atoms with van der Waals surface area (Å²) in [5, 5.41) is 93.4. The van der Waals surface area contributed by atoms with Crippen LogP contribution in [0.3, 0.4) is 0 Å². The highest BCUT2D eigenvalue weighted by Gasteiger charge is 2.53. The van der Waals surface area contributed by atoms with E-state index < -0.39 is 129 Å². The van der Waals surface area contributed by atoms with E-state index in [1.807, 2.05) is 19.9 Å². The number of aliphatic hydroxyl groups excluding tert-OH is 9. The molecule has 4 saturated heterocycles. The second-order valence-electron chi connectivity index (χ2n) is 14.4. The van der Waals surface area contributed by atoms with Gasteiger partial charge in [-0.15, -0.1) is 0 Å². The molecule has 19 heteroatoms. The highest BCUT2D eigenvalue weighted by molar-refractivity contribution is 5.66. The number of allylic oxidation sites excluding steroid dienone is 2. The van der Waals surface area contributed by atoms with Crippen molar-refractivity contribution in [2.75, 3.05) is 19.8 Å². The molecule has 0 aromatic heterocycles. The summed E-state index contributed by atoms with van der Waals surface area (Å²) >= 11 is 0. The summed E-state index contributed by atoms with van der Waals surface area (Å²) in [6, 6.07) is 0. The molecule has 312 valence electrons. The van der Waals surface area contributed by atoms with Gasteiger partial charge >= 0.3 is 5.97 Å². The van der Waals surface area contributed by atoms with Crippen molar-refractivity contribution in [1.29, 1.82) is 0 Å². The van der Waals surface area contributed by atoms with Crippen LogP contribution in [-0.4, -0.2) is 188 Å². The molecule has 19 nitrogen and oxygen atoms in total. The van der Waals surface area contributed by atoms with Gasteiger partial charge in [0.15, 0.2) is 31.3 Å². The lowest BCUT2D eigenvalue weighted by atomic mass is 9.97. The summed E-state index contributed by atoms with van der Waals surface area (Å²) in [7, 11) is 0. The first kappa shape index (κ1) is 45.0. The van der Waals surface area contributed by atoms with E-state index in [0.717, 1.165) is 18.1 Å². The minimum absolute atomic E-state index is 0.00533. The Morgan fingerprint density at radius 3 is 1.83 bits per heavy atom. The quantitative estimate of drug-likeness (QED) is 0.0637. The van der Waals surface area contributed by atoms with Crippen molar-refractivity contribution in [1.82, 2.24) is 0 Å². The number of carbonyl (C=O) groups is 1. The average molecular weight is 783 g/mol. The maximum absolute atomic E-state index is 11.9. The Kier molecular flexibility index (Phi) is 16.7. The molecular weight excluding hydrogens is 724 g/mol. The molecule has 4 heterocycles. The van der Waals surface area contributed by atoms with Gasteiger partial charge < -0.3 is 88.6 Å². The molecule has 54 heavy (non-hydrogen) atoms. The van der Waals surface area contributed by atoms with Crippen molar-refractivity contribution in [3.05, 3.63) is 23.3 Å². The normalized spacial score (nSPS) is 45.3. The van der Waals surface area contributed by atoms with Crippen LogP contribution in [-0.2, 0) is 47.4 Å². The van der Waals surface area contributed by atoms with Crippen LogP contribution in [0.15, 0.2) is 23.3 Å². The third kappa shape index (κ3) is 11.2. The number of esters is 1. The molecule has 0 unspecified atom stereocenters. The van der Waals surface area contributed by atoms with Gasteiger partial charge in [-0.2, -0.15) is 0 Å². The van der Waals surface area contributed by atoms with Crippen LogP contribution in [0, 0.1) is 0 Å². The Hall–Kier alpha value is -1.73. The molecule has 0 aliphatic carbocycles. The molecule has 4 rings (SSSR count). The maximum atomic E-state index is 11.9. The number of aliphatic hydroxyl groups is 9. The largest absolute Gasteiger partial charge is 0.457 e. The lowest BCUT2D eigenvalue weighted by molar-refractivity contribution is -0.384. The van der Waals surface area contributed by atoms with E-state index in [4.69, 9.17) is 42.6 Å².